The van der Waals surface area contributed by atoms with Gasteiger partial charge in [0.05, 0.1) is 5.97 Å². The zero-order valence-electron chi connectivity index (χ0n) is 12.8. The van der Waals surface area contributed by atoms with Crippen molar-refractivity contribution in [2.45, 2.75) is 33.6 Å². The summed E-state index contributed by atoms with van der Waals surface area (Å²) in [6, 6.07) is 6.47. The maximum absolute atomic E-state index is 12.6. The summed E-state index contributed by atoms with van der Waals surface area (Å²) in [5.41, 5.74) is 1.88. The highest BCUT2D eigenvalue weighted by Crippen LogP contribution is 2.35. The van der Waals surface area contributed by atoms with Crippen molar-refractivity contribution in [2.24, 2.45) is 17.8 Å². The van der Waals surface area contributed by atoms with Crippen LogP contribution < -0.4 is 5.11 Å². The van der Waals surface area contributed by atoms with Crippen molar-refractivity contribution in [1.82, 2.24) is 0 Å². The van der Waals surface area contributed by atoms with E-state index < -0.39 is 5.97 Å². The summed E-state index contributed by atoms with van der Waals surface area (Å²) >= 11 is 0. The van der Waals surface area contributed by atoms with Crippen LogP contribution in [0.25, 0.3) is 6.08 Å². The Kier molecular flexibility index (Phi) is 4.61. The normalized spacial score (nSPS) is 24.6. The van der Waals surface area contributed by atoms with E-state index in [0.717, 1.165) is 24.0 Å². The van der Waals surface area contributed by atoms with Crippen LogP contribution in [0.4, 0.5) is 0 Å². The van der Waals surface area contributed by atoms with Gasteiger partial charge in [0.25, 0.3) is 0 Å². The van der Waals surface area contributed by atoms with Crippen LogP contribution in [-0.2, 0) is 4.79 Å². The number of carboxylic acids is 1. The molecule has 0 unspecified atom stereocenters. The first kappa shape index (κ1) is 15.5. The van der Waals surface area contributed by atoms with Crippen LogP contribution in [0.5, 0.6) is 0 Å². The maximum atomic E-state index is 12.6. The highest BCUT2D eigenvalue weighted by Gasteiger charge is 2.32. The van der Waals surface area contributed by atoms with Crippen LogP contribution >= 0.6 is 0 Å². The van der Waals surface area contributed by atoms with Gasteiger partial charge in [-0.2, -0.15) is 0 Å². The van der Waals surface area contributed by atoms with Gasteiger partial charge in [0, 0.05) is 5.92 Å². The van der Waals surface area contributed by atoms with Gasteiger partial charge in [-0.05, 0) is 47.5 Å². The summed E-state index contributed by atoms with van der Waals surface area (Å²) < 4.78 is 0. The summed E-state index contributed by atoms with van der Waals surface area (Å²) in [6.45, 7) is 6.26. The molecular formula is C18H21O3-. The zero-order valence-corrected chi connectivity index (χ0v) is 12.8. The van der Waals surface area contributed by atoms with Crippen LogP contribution in [0.15, 0.2) is 29.8 Å². The summed E-state index contributed by atoms with van der Waals surface area (Å²) in [6.07, 6.45) is 3.89. The molecule has 1 saturated carbocycles. The molecule has 112 valence electrons. The number of rotatable bonds is 3. The molecule has 2 rings (SSSR count). The van der Waals surface area contributed by atoms with Crippen molar-refractivity contribution in [1.29, 1.82) is 0 Å². The number of hydrogen-bond acceptors (Lipinski definition) is 3. The number of Topliss-reactive ketones (excluding diaryl/α,β-unsaturated/α-hetero) is 1. The van der Waals surface area contributed by atoms with Crippen molar-refractivity contribution in [3.05, 3.63) is 41.0 Å². The molecule has 0 aliphatic heterocycles. The average molecular weight is 285 g/mol. The smallest absolute Gasteiger partial charge is 0.162 e. The molecule has 1 aliphatic rings. The van der Waals surface area contributed by atoms with Crippen LogP contribution in [-0.4, -0.2) is 11.8 Å². The Bertz CT molecular complexity index is 567. The molecule has 2 atom stereocenters. The predicted molar refractivity (Wildman–Crippen MR) is 80.5 cm³/mol. The molecule has 1 fully saturated rings. The monoisotopic (exact) mass is 285 g/mol. The van der Waals surface area contributed by atoms with Crippen molar-refractivity contribution < 1.29 is 14.7 Å². The van der Waals surface area contributed by atoms with Gasteiger partial charge in [0.2, 0.25) is 0 Å². The minimum absolute atomic E-state index is 0.106. The van der Waals surface area contributed by atoms with Gasteiger partial charge in [0.1, 0.15) is 0 Å². The molecule has 1 aromatic carbocycles. The summed E-state index contributed by atoms with van der Waals surface area (Å²) in [5.74, 6) is -0.221. The van der Waals surface area contributed by atoms with E-state index in [1.54, 1.807) is 12.1 Å². The topological polar surface area (TPSA) is 57.2 Å². The van der Waals surface area contributed by atoms with Crippen LogP contribution in [0, 0.1) is 17.8 Å². The van der Waals surface area contributed by atoms with Gasteiger partial charge >= 0.3 is 0 Å². The number of ketones is 1. The number of benzene rings is 1. The highest BCUT2D eigenvalue weighted by molar-refractivity contribution is 6.02. The molecule has 0 bridgehead atoms. The van der Waals surface area contributed by atoms with Crippen molar-refractivity contribution in [3.63, 3.8) is 0 Å². The second kappa shape index (κ2) is 6.25. The van der Waals surface area contributed by atoms with E-state index >= 15 is 0 Å². The molecule has 0 amide bonds. The third-order valence-corrected chi connectivity index (χ3v) is 4.34. The number of carbonyl (C=O) groups is 2. The second-order valence-electron chi connectivity index (χ2n) is 6.20. The zero-order chi connectivity index (χ0) is 15.6. The second-order valence-corrected chi connectivity index (χ2v) is 6.20. The molecule has 1 aliphatic carbocycles. The van der Waals surface area contributed by atoms with Gasteiger partial charge in [-0.1, -0.05) is 45.0 Å². The maximum Gasteiger partial charge on any atom is 0.162 e. The van der Waals surface area contributed by atoms with Crippen molar-refractivity contribution in [2.75, 3.05) is 0 Å². The summed E-state index contributed by atoms with van der Waals surface area (Å²) in [5, 5.41) is 10.7. The molecule has 0 radical (unpaired) electrons. The van der Waals surface area contributed by atoms with Gasteiger partial charge in [-0.25, -0.2) is 0 Å². The molecule has 0 spiro atoms. The van der Waals surface area contributed by atoms with E-state index in [-0.39, 0.29) is 23.2 Å². The Morgan fingerprint density at radius 1 is 1.24 bits per heavy atom. The fourth-order valence-corrected chi connectivity index (χ4v) is 2.92. The van der Waals surface area contributed by atoms with Crippen LogP contribution in [0.1, 0.15) is 49.5 Å². The van der Waals surface area contributed by atoms with E-state index in [0.29, 0.717) is 5.92 Å². The fourth-order valence-electron chi connectivity index (χ4n) is 2.92. The number of carboxylic acid groups (broad SMARTS) is 1. The van der Waals surface area contributed by atoms with Crippen molar-refractivity contribution in [3.8, 4) is 0 Å². The lowest BCUT2D eigenvalue weighted by atomic mass is 9.73. The molecule has 0 aromatic heterocycles. The van der Waals surface area contributed by atoms with Crippen LogP contribution in [0.2, 0.25) is 0 Å². The minimum atomic E-state index is -1.18. The Morgan fingerprint density at radius 2 is 1.86 bits per heavy atom. The Balaban J connectivity index is 2.28. The standard InChI is InChI=1S/C18H22O3/c1-11(2)15-9-4-12(3)16(17(15)19)10-13-5-7-14(8-6-13)18(20)21/h5-8,10-12,15H,4,9H2,1-3H3,(H,20,21)/p-1/t12-,15-/m0/s1. The van der Waals surface area contributed by atoms with Gasteiger partial charge in [-0.3, -0.25) is 4.79 Å². The number of aromatic carboxylic acids is 1. The largest absolute Gasteiger partial charge is 0.545 e. The summed E-state index contributed by atoms with van der Waals surface area (Å²) in [4.78, 5) is 23.3. The molecule has 3 heteroatoms. The van der Waals surface area contributed by atoms with Gasteiger partial charge < -0.3 is 9.90 Å². The van der Waals surface area contributed by atoms with E-state index in [1.807, 2.05) is 6.08 Å². The van der Waals surface area contributed by atoms with E-state index in [2.05, 4.69) is 20.8 Å². The first-order chi connectivity index (χ1) is 9.90. The fraction of sp³-hybridized carbons (Fsp3) is 0.444. The third-order valence-electron chi connectivity index (χ3n) is 4.34. The molecule has 21 heavy (non-hydrogen) atoms. The molecule has 0 heterocycles. The molecule has 1 aromatic rings. The van der Waals surface area contributed by atoms with E-state index in [9.17, 15) is 14.7 Å². The highest BCUT2D eigenvalue weighted by atomic mass is 16.4. The Hall–Kier alpha value is -1.90. The quantitative estimate of drug-likeness (QED) is 0.802. The van der Waals surface area contributed by atoms with Crippen LogP contribution in [0.3, 0.4) is 0 Å². The predicted octanol–water partition coefficient (Wildman–Crippen LogP) is 2.70. The lowest BCUT2D eigenvalue weighted by Crippen LogP contribution is -2.30. The third kappa shape index (κ3) is 3.41. The van der Waals surface area contributed by atoms with Gasteiger partial charge in [0.15, 0.2) is 5.78 Å². The van der Waals surface area contributed by atoms with Crippen molar-refractivity contribution >= 4 is 17.8 Å². The number of carbonyl (C=O) groups excluding carboxylic acids is 2. The molecular weight excluding hydrogens is 264 g/mol. The van der Waals surface area contributed by atoms with E-state index in [1.165, 1.54) is 12.1 Å². The summed E-state index contributed by atoms with van der Waals surface area (Å²) in [7, 11) is 0. The minimum Gasteiger partial charge on any atom is -0.545 e. The molecule has 3 nitrogen and oxygen atoms in total. The Labute approximate surface area is 125 Å². The lowest BCUT2D eigenvalue weighted by Gasteiger charge is -2.30. The first-order valence-corrected chi connectivity index (χ1v) is 7.47. The van der Waals surface area contributed by atoms with E-state index in [4.69, 9.17) is 0 Å². The lowest BCUT2D eigenvalue weighted by molar-refractivity contribution is -0.255. The Morgan fingerprint density at radius 3 is 2.38 bits per heavy atom. The molecule has 0 N–H and O–H groups in total. The molecule has 0 saturated heterocycles. The number of hydrogen-bond donors (Lipinski definition) is 0. The van der Waals surface area contributed by atoms with Gasteiger partial charge in [-0.15, -0.1) is 0 Å². The number of allylic oxidation sites excluding steroid dienone is 1. The SMILES string of the molecule is CC(C)[C@@H]1CC[C@H](C)C(=Cc2ccc(C(=O)[O-])cc2)C1=O. The first-order valence-electron chi connectivity index (χ1n) is 7.47. The average Bonchev–Trinajstić information content (AvgIpc) is 2.43.